The first-order chi connectivity index (χ1) is 20.7. The number of benzene rings is 3. The minimum Gasteiger partial charge on any atom is -0.508 e. The first kappa shape index (κ1) is 31.4. The van der Waals surface area contributed by atoms with Gasteiger partial charge in [0.05, 0.1) is 17.9 Å². The van der Waals surface area contributed by atoms with Crippen LogP contribution in [0.25, 0.3) is 0 Å². The second-order valence-electron chi connectivity index (χ2n) is 10.8. The average molecular weight is 589 g/mol. The summed E-state index contributed by atoms with van der Waals surface area (Å²) in [6.07, 6.45) is 3.01. The van der Waals surface area contributed by atoms with E-state index in [4.69, 9.17) is 4.74 Å². The average Bonchev–Trinajstić information content (AvgIpc) is 2.99. The lowest BCUT2D eigenvalue weighted by atomic mass is 10.1. The van der Waals surface area contributed by atoms with Crippen molar-refractivity contribution < 1.29 is 29.3 Å². The lowest BCUT2D eigenvalue weighted by Crippen LogP contribution is -2.47. The van der Waals surface area contributed by atoms with Crippen molar-refractivity contribution in [3.63, 3.8) is 0 Å². The number of carbonyl (C=O) groups excluding carboxylic acids is 3. The van der Waals surface area contributed by atoms with Crippen molar-refractivity contribution in [2.75, 3.05) is 45.2 Å². The van der Waals surface area contributed by atoms with Gasteiger partial charge in [-0.05, 0) is 75.2 Å². The predicted octanol–water partition coefficient (Wildman–Crippen LogP) is 4.30. The zero-order valence-corrected chi connectivity index (χ0v) is 24.8. The SMILES string of the molecule is Cc1ccc(NC(=O)c2ccc(CNC(=O)c3ccccc3O)c(O)c2)c(OCCCCCC(=O)N2CCN(C)CC2)c1. The summed E-state index contributed by atoms with van der Waals surface area (Å²) in [5, 5.41) is 25.9. The Labute approximate surface area is 252 Å². The fourth-order valence-corrected chi connectivity index (χ4v) is 4.79. The summed E-state index contributed by atoms with van der Waals surface area (Å²) < 4.78 is 6.01. The molecule has 3 aromatic carbocycles. The number of para-hydroxylation sites is 1. The quantitative estimate of drug-likeness (QED) is 0.232. The highest BCUT2D eigenvalue weighted by atomic mass is 16.5. The molecule has 3 amide bonds. The summed E-state index contributed by atoms with van der Waals surface area (Å²) in [4.78, 5) is 42.0. The molecule has 0 saturated carbocycles. The normalized spacial score (nSPS) is 13.4. The largest absolute Gasteiger partial charge is 0.508 e. The highest BCUT2D eigenvalue weighted by Gasteiger charge is 2.18. The Bertz CT molecular complexity index is 1430. The smallest absolute Gasteiger partial charge is 0.255 e. The number of phenolic OH excluding ortho intramolecular Hbond substituents is 2. The van der Waals surface area contributed by atoms with Crippen LogP contribution in [0.3, 0.4) is 0 Å². The number of carbonyl (C=O) groups is 3. The van der Waals surface area contributed by atoms with Crippen LogP contribution in [-0.4, -0.2) is 77.6 Å². The number of hydrogen-bond donors (Lipinski definition) is 4. The number of nitrogens with one attached hydrogen (secondary N) is 2. The van der Waals surface area contributed by atoms with Gasteiger partial charge >= 0.3 is 0 Å². The number of phenols is 2. The van der Waals surface area contributed by atoms with Crippen molar-refractivity contribution in [2.24, 2.45) is 0 Å². The number of anilines is 1. The second kappa shape index (κ2) is 15.1. The topological polar surface area (TPSA) is 131 Å². The van der Waals surface area contributed by atoms with Crippen molar-refractivity contribution in [3.05, 3.63) is 82.9 Å². The van der Waals surface area contributed by atoms with Crippen molar-refractivity contribution in [2.45, 2.75) is 39.2 Å². The van der Waals surface area contributed by atoms with E-state index in [1.54, 1.807) is 30.3 Å². The molecule has 0 aromatic heterocycles. The Hall–Kier alpha value is -4.57. The number of piperazine rings is 1. The van der Waals surface area contributed by atoms with Gasteiger partial charge in [0, 0.05) is 50.3 Å². The molecule has 0 unspecified atom stereocenters. The lowest BCUT2D eigenvalue weighted by Gasteiger charge is -2.32. The van der Waals surface area contributed by atoms with Gasteiger partial charge in [-0.15, -0.1) is 0 Å². The molecular weight excluding hydrogens is 548 g/mol. The van der Waals surface area contributed by atoms with Gasteiger partial charge in [0.1, 0.15) is 17.2 Å². The summed E-state index contributed by atoms with van der Waals surface area (Å²) in [6.45, 7) is 5.84. The minimum absolute atomic E-state index is 0.0147. The van der Waals surface area contributed by atoms with Crippen LogP contribution in [-0.2, 0) is 11.3 Å². The molecular formula is C33H40N4O6. The molecule has 1 saturated heterocycles. The second-order valence-corrected chi connectivity index (χ2v) is 10.8. The first-order valence-corrected chi connectivity index (χ1v) is 14.6. The van der Waals surface area contributed by atoms with Crippen LogP contribution in [0.1, 0.15) is 57.5 Å². The van der Waals surface area contributed by atoms with Crippen LogP contribution >= 0.6 is 0 Å². The Morgan fingerprint density at radius 1 is 0.860 bits per heavy atom. The van der Waals surface area contributed by atoms with Crippen molar-refractivity contribution in [3.8, 4) is 17.2 Å². The van der Waals surface area contributed by atoms with E-state index in [-0.39, 0.29) is 35.1 Å². The summed E-state index contributed by atoms with van der Waals surface area (Å²) in [7, 11) is 2.07. The molecule has 0 bridgehead atoms. The molecule has 1 aliphatic rings. The van der Waals surface area contributed by atoms with Gasteiger partial charge in [-0.1, -0.05) is 24.3 Å². The Morgan fingerprint density at radius 3 is 2.37 bits per heavy atom. The van der Waals surface area contributed by atoms with Crippen LogP contribution < -0.4 is 15.4 Å². The number of unbranched alkanes of at least 4 members (excludes halogenated alkanes) is 2. The zero-order valence-electron chi connectivity index (χ0n) is 24.8. The third kappa shape index (κ3) is 8.96. The number of hydrogen-bond acceptors (Lipinski definition) is 7. The van der Waals surface area contributed by atoms with Gasteiger partial charge in [-0.3, -0.25) is 14.4 Å². The van der Waals surface area contributed by atoms with Gasteiger partial charge in [-0.2, -0.15) is 0 Å². The van der Waals surface area contributed by atoms with Crippen molar-refractivity contribution in [1.29, 1.82) is 0 Å². The Morgan fingerprint density at radius 2 is 1.63 bits per heavy atom. The molecule has 1 aliphatic heterocycles. The number of rotatable bonds is 12. The molecule has 10 heteroatoms. The molecule has 0 aliphatic carbocycles. The van der Waals surface area contributed by atoms with E-state index in [9.17, 15) is 24.6 Å². The Kier molecular flexibility index (Phi) is 11.0. The van der Waals surface area contributed by atoms with Crippen LogP contribution in [0, 0.1) is 6.92 Å². The molecule has 10 nitrogen and oxygen atoms in total. The van der Waals surface area contributed by atoms with E-state index in [2.05, 4.69) is 22.6 Å². The van der Waals surface area contributed by atoms with E-state index < -0.39 is 11.8 Å². The first-order valence-electron chi connectivity index (χ1n) is 14.6. The van der Waals surface area contributed by atoms with Crippen LogP contribution in [0.4, 0.5) is 5.69 Å². The minimum atomic E-state index is -0.481. The summed E-state index contributed by atoms with van der Waals surface area (Å²) in [5.41, 5.74) is 2.29. The Balaban J connectivity index is 1.25. The summed E-state index contributed by atoms with van der Waals surface area (Å²) in [6, 6.07) is 16.2. The fourth-order valence-electron chi connectivity index (χ4n) is 4.79. The molecule has 4 rings (SSSR count). The molecule has 228 valence electrons. The standard InChI is InChI=1S/C33H40N4O6/c1-23-11-14-27(30(20-23)43-19-7-3-4-10-31(40)37-17-15-36(2)16-18-37)35-32(41)24-12-13-25(29(39)21-24)22-34-33(42)26-8-5-6-9-28(26)38/h5-6,8-9,11-14,20-21,38-39H,3-4,7,10,15-19,22H2,1-2H3,(H,34,42)(H,35,41). The van der Waals surface area contributed by atoms with Gasteiger partial charge in [-0.25, -0.2) is 0 Å². The molecule has 0 spiro atoms. The maximum absolute atomic E-state index is 13.0. The van der Waals surface area contributed by atoms with Gasteiger partial charge in [0.15, 0.2) is 0 Å². The maximum atomic E-state index is 13.0. The van der Waals surface area contributed by atoms with Crippen LogP contribution in [0.5, 0.6) is 17.2 Å². The molecule has 1 heterocycles. The molecule has 3 aromatic rings. The molecule has 4 N–H and O–H groups in total. The zero-order chi connectivity index (χ0) is 30.8. The molecule has 43 heavy (non-hydrogen) atoms. The summed E-state index contributed by atoms with van der Waals surface area (Å²) in [5.74, 6) is -0.411. The number of likely N-dealkylation sites (N-methyl/N-ethyl adjacent to an activating group) is 1. The van der Waals surface area contributed by atoms with Gasteiger partial charge in [0.2, 0.25) is 5.91 Å². The third-order valence-corrected chi connectivity index (χ3v) is 7.47. The van der Waals surface area contributed by atoms with Crippen molar-refractivity contribution >= 4 is 23.4 Å². The van der Waals surface area contributed by atoms with E-state index in [0.29, 0.717) is 30.0 Å². The van der Waals surface area contributed by atoms with E-state index in [1.165, 1.54) is 18.2 Å². The highest BCUT2D eigenvalue weighted by Crippen LogP contribution is 2.28. The lowest BCUT2D eigenvalue weighted by molar-refractivity contribution is -0.132. The number of nitrogens with zero attached hydrogens (tertiary/aromatic N) is 2. The van der Waals surface area contributed by atoms with E-state index >= 15 is 0 Å². The number of ether oxygens (including phenoxy) is 1. The third-order valence-electron chi connectivity index (χ3n) is 7.47. The maximum Gasteiger partial charge on any atom is 0.255 e. The van der Waals surface area contributed by atoms with Crippen LogP contribution in [0.15, 0.2) is 60.7 Å². The van der Waals surface area contributed by atoms with Crippen molar-refractivity contribution in [1.82, 2.24) is 15.1 Å². The van der Waals surface area contributed by atoms with E-state index in [0.717, 1.165) is 51.0 Å². The predicted molar refractivity (Wildman–Crippen MR) is 165 cm³/mol. The summed E-state index contributed by atoms with van der Waals surface area (Å²) >= 11 is 0. The number of amides is 3. The number of aryl methyl sites for hydroxylation is 1. The number of aromatic hydroxyl groups is 2. The highest BCUT2D eigenvalue weighted by molar-refractivity contribution is 6.05. The van der Waals surface area contributed by atoms with Gasteiger partial charge < -0.3 is 35.4 Å². The fraction of sp³-hybridized carbons (Fsp3) is 0.364. The van der Waals surface area contributed by atoms with Crippen LogP contribution in [0.2, 0.25) is 0 Å². The molecule has 1 fully saturated rings. The van der Waals surface area contributed by atoms with Gasteiger partial charge in [0.25, 0.3) is 11.8 Å². The molecule has 0 radical (unpaired) electrons. The molecule has 0 atom stereocenters. The van der Waals surface area contributed by atoms with E-state index in [1.807, 2.05) is 24.0 Å². The monoisotopic (exact) mass is 588 g/mol.